The number of amides is 1. The summed E-state index contributed by atoms with van der Waals surface area (Å²) in [4.78, 5) is 24.6. The number of benzene rings is 1. The lowest BCUT2D eigenvalue weighted by molar-refractivity contribution is -0.117. The van der Waals surface area contributed by atoms with Gasteiger partial charge in [0.25, 0.3) is 0 Å². The smallest absolute Gasteiger partial charge is 0.228 e. The molecule has 90 valence electrons. The molecule has 0 aromatic heterocycles. The lowest BCUT2D eigenvalue weighted by atomic mass is 10.3. The van der Waals surface area contributed by atoms with Gasteiger partial charge in [0.2, 0.25) is 5.91 Å². The molecule has 3 nitrogen and oxygen atoms in total. The SMILES string of the molecule is CC(=O)SC1CC(=O)N(c2cccc(Br)c2)C1. The van der Waals surface area contributed by atoms with Gasteiger partial charge in [-0.05, 0) is 18.2 Å². The summed E-state index contributed by atoms with van der Waals surface area (Å²) in [5.74, 6) is 0.0850. The Hall–Kier alpha value is -0.810. The first-order chi connectivity index (χ1) is 8.06. The number of carbonyl (C=O) groups is 2. The highest BCUT2D eigenvalue weighted by Gasteiger charge is 2.31. The van der Waals surface area contributed by atoms with Gasteiger partial charge in [-0.3, -0.25) is 9.59 Å². The van der Waals surface area contributed by atoms with Crippen LogP contribution in [0.4, 0.5) is 5.69 Å². The van der Waals surface area contributed by atoms with Gasteiger partial charge in [-0.2, -0.15) is 0 Å². The van der Waals surface area contributed by atoms with Crippen molar-refractivity contribution in [2.75, 3.05) is 11.4 Å². The molecule has 1 amide bonds. The molecule has 0 aliphatic carbocycles. The predicted octanol–water partition coefficient (Wildman–Crippen LogP) is 2.83. The van der Waals surface area contributed by atoms with E-state index in [9.17, 15) is 9.59 Å². The first-order valence-corrected chi connectivity index (χ1v) is 6.96. The van der Waals surface area contributed by atoms with Crippen molar-refractivity contribution < 1.29 is 9.59 Å². The topological polar surface area (TPSA) is 37.4 Å². The quantitative estimate of drug-likeness (QED) is 0.842. The highest BCUT2D eigenvalue weighted by molar-refractivity contribution is 9.10. The van der Waals surface area contributed by atoms with E-state index >= 15 is 0 Å². The Labute approximate surface area is 113 Å². The molecule has 1 atom stereocenters. The normalized spacial score (nSPS) is 19.8. The minimum absolute atomic E-state index is 0.0684. The minimum Gasteiger partial charge on any atom is -0.311 e. The maximum absolute atomic E-state index is 11.9. The minimum atomic E-state index is 0.0684. The van der Waals surface area contributed by atoms with Gasteiger partial charge in [0.15, 0.2) is 5.12 Å². The molecule has 5 heteroatoms. The van der Waals surface area contributed by atoms with Crippen molar-refractivity contribution in [2.45, 2.75) is 18.6 Å². The molecule has 1 aliphatic rings. The van der Waals surface area contributed by atoms with Crippen molar-refractivity contribution in [3.05, 3.63) is 28.7 Å². The van der Waals surface area contributed by atoms with Crippen LogP contribution >= 0.6 is 27.7 Å². The van der Waals surface area contributed by atoms with Crippen LogP contribution in [0.5, 0.6) is 0 Å². The molecule has 1 aliphatic heterocycles. The third-order valence-electron chi connectivity index (χ3n) is 2.54. The third-order valence-corrected chi connectivity index (χ3v) is 4.02. The van der Waals surface area contributed by atoms with Gasteiger partial charge < -0.3 is 4.90 Å². The molecule has 1 unspecified atom stereocenters. The number of halogens is 1. The standard InChI is InChI=1S/C12H12BrNO2S/c1-8(15)17-11-6-12(16)14(7-11)10-4-2-3-9(13)5-10/h2-5,11H,6-7H2,1H3. The summed E-state index contributed by atoms with van der Waals surface area (Å²) in [7, 11) is 0. The van der Waals surface area contributed by atoms with Gasteiger partial charge in [0, 0.05) is 35.3 Å². The second-order valence-electron chi connectivity index (χ2n) is 3.92. The van der Waals surface area contributed by atoms with Crippen molar-refractivity contribution in [2.24, 2.45) is 0 Å². The number of nitrogens with zero attached hydrogens (tertiary/aromatic N) is 1. The van der Waals surface area contributed by atoms with E-state index in [2.05, 4.69) is 15.9 Å². The van der Waals surface area contributed by atoms with Gasteiger partial charge >= 0.3 is 0 Å². The molecule has 0 spiro atoms. The average molecular weight is 314 g/mol. The second-order valence-corrected chi connectivity index (χ2v) is 6.31. The Balaban J connectivity index is 2.13. The summed E-state index contributed by atoms with van der Waals surface area (Å²) in [5, 5.41) is 0.151. The predicted molar refractivity (Wildman–Crippen MR) is 73.2 cm³/mol. The van der Waals surface area contributed by atoms with E-state index in [0.717, 1.165) is 10.2 Å². The fourth-order valence-electron chi connectivity index (χ4n) is 1.88. The van der Waals surface area contributed by atoms with Crippen LogP contribution in [-0.4, -0.2) is 22.8 Å². The number of thioether (sulfide) groups is 1. The lowest BCUT2D eigenvalue weighted by Crippen LogP contribution is -2.24. The van der Waals surface area contributed by atoms with E-state index in [1.54, 1.807) is 4.90 Å². The van der Waals surface area contributed by atoms with Gasteiger partial charge in [-0.15, -0.1) is 0 Å². The van der Waals surface area contributed by atoms with Crippen LogP contribution in [-0.2, 0) is 9.59 Å². The van der Waals surface area contributed by atoms with Crippen LogP contribution in [0.1, 0.15) is 13.3 Å². The zero-order valence-electron chi connectivity index (χ0n) is 9.35. The summed E-state index contributed by atoms with van der Waals surface area (Å²) in [5.41, 5.74) is 0.885. The van der Waals surface area contributed by atoms with Gasteiger partial charge in [-0.1, -0.05) is 33.8 Å². The molecule has 1 fully saturated rings. The fourth-order valence-corrected chi connectivity index (χ4v) is 3.19. The molecule has 1 aromatic rings. The molecule has 0 N–H and O–H groups in total. The maximum Gasteiger partial charge on any atom is 0.228 e. The molecule has 0 bridgehead atoms. The van der Waals surface area contributed by atoms with E-state index in [1.165, 1.54) is 18.7 Å². The number of hydrogen-bond acceptors (Lipinski definition) is 3. The van der Waals surface area contributed by atoms with Crippen LogP contribution in [0.2, 0.25) is 0 Å². The van der Waals surface area contributed by atoms with Crippen LogP contribution in [0, 0.1) is 0 Å². The monoisotopic (exact) mass is 313 g/mol. The first kappa shape index (κ1) is 12.6. The van der Waals surface area contributed by atoms with Crippen molar-refractivity contribution in [1.29, 1.82) is 0 Å². The molecular formula is C12H12BrNO2S. The van der Waals surface area contributed by atoms with Crippen LogP contribution in [0.15, 0.2) is 28.7 Å². The Bertz CT molecular complexity index is 464. The van der Waals surface area contributed by atoms with E-state index in [-0.39, 0.29) is 16.3 Å². The Morgan fingerprint density at radius 1 is 1.53 bits per heavy atom. The van der Waals surface area contributed by atoms with Gasteiger partial charge in [-0.25, -0.2) is 0 Å². The van der Waals surface area contributed by atoms with Gasteiger partial charge in [0.1, 0.15) is 0 Å². The van der Waals surface area contributed by atoms with Crippen molar-refractivity contribution >= 4 is 44.4 Å². The Kier molecular flexibility index (Phi) is 3.89. The summed E-state index contributed by atoms with van der Waals surface area (Å²) in [6.07, 6.45) is 0.441. The highest BCUT2D eigenvalue weighted by Crippen LogP contribution is 2.29. The summed E-state index contributed by atoms with van der Waals surface area (Å²) in [6.45, 7) is 2.15. The molecule has 1 heterocycles. The third kappa shape index (κ3) is 3.10. The number of rotatable bonds is 2. The van der Waals surface area contributed by atoms with Crippen molar-refractivity contribution in [3.8, 4) is 0 Å². The average Bonchev–Trinajstić information content (AvgIpc) is 2.58. The van der Waals surface area contributed by atoms with Crippen LogP contribution in [0.25, 0.3) is 0 Å². The van der Waals surface area contributed by atoms with Crippen molar-refractivity contribution in [3.63, 3.8) is 0 Å². The first-order valence-electron chi connectivity index (χ1n) is 5.29. The molecule has 2 rings (SSSR count). The molecular weight excluding hydrogens is 302 g/mol. The van der Waals surface area contributed by atoms with E-state index < -0.39 is 0 Å². The highest BCUT2D eigenvalue weighted by atomic mass is 79.9. The lowest BCUT2D eigenvalue weighted by Gasteiger charge is -2.16. The largest absolute Gasteiger partial charge is 0.311 e. The van der Waals surface area contributed by atoms with Crippen LogP contribution in [0.3, 0.4) is 0 Å². The van der Waals surface area contributed by atoms with Gasteiger partial charge in [0.05, 0.1) is 0 Å². The number of hydrogen-bond donors (Lipinski definition) is 0. The molecule has 0 radical (unpaired) electrons. The summed E-state index contributed by atoms with van der Waals surface area (Å²) < 4.78 is 0.950. The van der Waals surface area contributed by atoms with E-state index in [4.69, 9.17) is 0 Å². The van der Waals surface area contributed by atoms with E-state index in [0.29, 0.717) is 13.0 Å². The summed E-state index contributed by atoms with van der Waals surface area (Å²) >= 11 is 4.64. The molecule has 17 heavy (non-hydrogen) atoms. The van der Waals surface area contributed by atoms with E-state index in [1.807, 2.05) is 24.3 Å². The Morgan fingerprint density at radius 2 is 2.29 bits per heavy atom. The summed E-state index contributed by atoms with van der Waals surface area (Å²) in [6, 6.07) is 7.65. The Morgan fingerprint density at radius 3 is 2.94 bits per heavy atom. The number of carbonyl (C=O) groups excluding carboxylic acids is 2. The zero-order chi connectivity index (χ0) is 12.4. The molecule has 1 aromatic carbocycles. The molecule has 0 saturated carbocycles. The van der Waals surface area contributed by atoms with Crippen LogP contribution < -0.4 is 4.90 Å². The van der Waals surface area contributed by atoms with Crippen molar-refractivity contribution in [1.82, 2.24) is 0 Å². The molecule has 1 saturated heterocycles. The zero-order valence-corrected chi connectivity index (χ0v) is 11.8. The second kappa shape index (κ2) is 5.23. The fraction of sp³-hybridized carbons (Fsp3) is 0.333. The maximum atomic E-state index is 11.9. The number of anilines is 1.